The number of hydrogen-bond acceptors (Lipinski definition) is 4. The number of benzene rings is 2. The first-order valence-corrected chi connectivity index (χ1v) is 7.85. The first-order valence-electron chi connectivity index (χ1n) is 7.04. The molecule has 0 aliphatic heterocycles. The minimum Gasteiger partial charge on any atom is -0.399 e. The van der Waals surface area contributed by atoms with Gasteiger partial charge in [0.2, 0.25) is 0 Å². The van der Waals surface area contributed by atoms with E-state index in [0.717, 1.165) is 21.1 Å². The topological polar surface area (TPSA) is 56.0 Å². The van der Waals surface area contributed by atoms with Crippen molar-refractivity contribution in [3.63, 3.8) is 0 Å². The van der Waals surface area contributed by atoms with E-state index in [2.05, 4.69) is 4.98 Å². The zero-order valence-corrected chi connectivity index (χ0v) is 13.1. The lowest BCUT2D eigenvalue weighted by Crippen LogP contribution is -2.03. The number of ketones is 1. The van der Waals surface area contributed by atoms with Crippen LogP contribution in [0.5, 0.6) is 0 Å². The maximum atomic E-state index is 12.3. The Bertz CT molecular complexity index is 792. The van der Waals surface area contributed by atoms with E-state index in [1.165, 1.54) is 0 Å². The molecule has 0 amide bonds. The maximum absolute atomic E-state index is 12.3. The summed E-state index contributed by atoms with van der Waals surface area (Å²) in [6.07, 6.45) is 0.322. The van der Waals surface area contributed by atoms with Crippen molar-refractivity contribution in [1.82, 2.24) is 4.98 Å². The van der Waals surface area contributed by atoms with E-state index in [1.807, 2.05) is 37.3 Å². The molecule has 0 saturated carbocycles. The Balaban J connectivity index is 1.82. The molecule has 0 atom stereocenters. The molecule has 0 aliphatic carbocycles. The fraction of sp³-hybridized carbons (Fsp3) is 0.111. The van der Waals surface area contributed by atoms with Crippen LogP contribution in [0.25, 0.3) is 11.3 Å². The van der Waals surface area contributed by atoms with Gasteiger partial charge in [-0.05, 0) is 31.2 Å². The summed E-state index contributed by atoms with van der Waals surface area (Å²) in [5, 5.41) is 0.846. The molecule has 0 saturated heterocycles. The van der Waals surface area contributed by atoms with Crippen molar-refractivity contribution in [2.24, 2.45) is 0 Å². The number of hydrogen-bond donors (Lipinski definition) is 1. The summed E-state index contributed by atoms with van der Waals surface area (Å²) in [5.41, 5.74) is 9.02. The van der Waals surface area contributed by atoms with Crippen molar-refractivity contribution >= 4 is 22.8 Å². The van der Waals surface area contributed by atoms with E-state index in [1.54, 1.807) is 35.6 Å². The highest BCUT2D eigenvalue weighted by molar-refractivity contribution is 7.12. The molecule has 0 radical (unpaired) electrons. The van der Waals surface area contributed by atoms with E-state index in [0.29, 0.717) is 17.7 Å². The fourth-order valence-electron chi connectivity index (χ4n) is 2.30. The van der Waals surface area contributed by atoms with Crippen LogP contribution in [-0.2, 0) is 6.42 Å². The third-order valence-corrected chi connectivity index (χ3v) is 4.40. The predicted molar refractivity (Wildman–Crippen MR) is 91.2 cm³/mol. The van der Waals surface area contributed by atoms with Gasteiger partial charge >= 0.3 is 0 Å². The molecule has 1 heterocycles. The molecule has 22 heavy (non-hydrogen) atoms. The first kappa shape index (κ1) is 14.5. The molecule has 110 valence electrons. The Morgan fingerprint density at radius 1 is 1.09 bits per heavy atom. The zero-order valence-electron chi connectivity index (χ0n) is 12.2. The zero-order chi connectivity index (χ0) is 15.5. The molecule has 3 aromatic rings. The average Bonchev–Trinajstić information content (AvgIpc) is 2.89. The Morgan fingerprint density at radius 3 is 2.45 bits per heavy atom. The van der Waals surface area contributed by atoms with Crippen LogP contribution in [0.4, 0.5) is 5.69 Å². The lowest BCUT2D eigenvalue weighted by molar-refractivity contribution is 0.0993. The van der Waals surface area contributed by atoms with Gasteiger partial charge in [-0.1, -0.05) is 30.3 Å². The molecule has 0 spiro atoms. The fourth-order valence-corrected chi connectivity index (χ4v) is 3.25. The summed E-state index contributed by atoms with van der Waals surface area (Å²) in [6, 6.07) is 17.1. The number of aromatic nitrogens is 1. The third kappa shape index (κ3) is 3.07. The Morgan fingerprint density at radius 2 is 1.77 bits per heavy atom. The maximum Gasteiger partial charge on any atom is 0.169 e. The molecule has 2 aromatic carbocycles. The summed E-state index contributed by atoms with van der Waals surface area (Å²) >= 11 is 1.58. The van der Waals surface area contributed by atoms with Crippen molar-refractivity contribution in [2.45, 2.75) is 13.3 Å². The lowest BCUT2D eigenvalue weighted by atomic mass is 10.1. The number of nitrogens with two attached hydrogens (primary N) is 1. The Labute approximate surface area is 133 Å². The molecule has 0 bridgehead atoms. The van der Waals surface area contributed by atoms with Crippen LogP contribution in [-0.4, -0.2) is 10.8 Å². The summed E-state index contributed by atoms with van der Waals surface area (Å²) in [6.45, 7) is 2.04. The van der Waals surface area contributed by atoms with Crippen LogP contribution in [0, 0.1) is 6.92 Å². The van der Waals surface area contributed by atoms with Crippen LogP contribution in [0.1, 0.15) is 20.2 Å². The monoisotopic (exact) mass is 308 g/mol. The number of aryl methyl sites for hydroxylation is 1. The number of nitrogen functional groups attached to an aromatic ring is 1. The minimum absolute atomic E-state index is 0.0633. The highest BCUT2D eigenvalue weighted by atomic mass is 32.1. The second-order valence-corrected chi connectivity index (χ2v) is 6.39. The second-order valence-electron chi connectivity index (χ2n) is 5.10. The molecular weight excluding hydrogens is 292 g/mol. The number of nitrogens with zero attached hydrogens (tertiary/aromatic N) is 1. The predicted octanol–water partition coefficient (Wildman–Crippen LogP) is 4.13. The van der Waals surface area contributed by atoms with E-state index in [-0.39, 0.29) is 5.78 Å². The van der Waals surface area contributed by atoms with Crippen LogP contribution in [0.15, 0.2) is 54.6 Å². The highest BCUT2D eigenvalue weighted by Gasteiger charge is 2.13. The molecular formula is C18H16N2OS. The lowest BCUT2D eigenvalue weighted by Gasteiger charge is -1.99. The molecule has 0 fully saturated rings. The normalized spacial score (nSPS) is 10.6. The van der Waals surface area contributed by atoms with Crippen LogP contribution in [0.2, 0.25) is 0 Å². The smallest absolute Gasteiger partial charge is 0.169 e. The van der Waals surface area contributed by atoms with E-state index < -0.39 is 0 Å². The molecule has 3 nitrogen and oxygen atoms in total. The number of carbonyl (C=O) groups excluding carboxylic acids is 1. The summed E-state index contributed by atoms with van der Waals surface area (Å²) < 4.78 is 0. The van der Waals surface area contributed by atoms with Gasteiger partial charge in [0.15, 0.2) is 5.78 Å². The number of thiazole rings is 1. The molecule has 0 aliphatic rings. The molecule has 1 aromatic heterocycles. The minimum atomic E-state index is 0.0633. The second kappa shape index (κ2) is 6.12. The molecule has 0 unspecified atom stereocenters. The average molecular weight is 308 g/mol. The van der Waals surface area contributed by atoms with Gasteiger partial charge in [-0.2, -0.15) is 0 Å². The standard InChI is InChI=1S/C18H16N2OS/c1-12-18(14-5-3-2-4-6-14)20-17(22-12)11-16(21)13-7-9-15(19)10-8-13/h2-10H,11,19H2,1H3. The number of anilines is 1. The highest BCUT2D eigenvalue weighted by Crippen LogP contribution is 2.28. The van der Waals surface area contributed by atoms with Crippen LogP contribution < -0.4 is 5.73 Å². The third-order valence-electron chi connectivity index (χ3n) is 3.43. The van der Waals surface area contributed by atoms with Crippen molar-refractivity contribution in [1.29, 1.82) is 0 Å². The molecule has 4 heteroatoms. The summed E-state index contributed by atoms with van der Waals surface area (Å²) in [4.78, 5) is 18.1. The van der Waals surface area contributed by atoms with Gasteiger partial charge in [-0.15, -0.1) is 11.3 Å². The van der Waals surface area contributed by atoms with Crippen LogP contribution >= 0.6 is 11.3 Å². The molecule has 2 N–H and O–H groups in total. The van der Waals surface area contributed by atoms with E-state index in [4.69, 9.17) is 5.73 Å². The number of Topliss-reactive ketones (excluding diaryl/α,β-unsaturated/α-hetero) is 1. The van der Waals surface area contributed by atoms with Crippen molar-refractivity contribution < 1.29 is 4.79 Å². The summed E-state index contributed by atoms with van der Waals surface area (Å²) in [5.74, 6) is 0.0633. The SMILES string of the molecule is Cc1sc(CC(=O)c2ccc(N)cc2)nc1-c1ccccc1. The quantitative estimate of drug-likeness (QED) is 0.582. The van der Waals surface area contributed by atoms with E-state index in [9.17, 15) is 4.79 Å². The Kier molecular flexibility index (Phi) is 4.02. The van der Waals surface area contributed by atoms with Gasteiger partial charge in [-0.25, -0.2) is 4.98 Å². The Hall–Kier alpha value is -2.46. The van der Waals surface area contributed by atoms with Gasteiger partial charge in [0.05, 0.1) is 12.1 Å². The van der Waals surface area contributed by atoms with Gasteiger partial charge < -0.3 is 5.73 Å². The molecule has 3 rings (SSSR count). The van der Waals surface area contributed by atoms with E-state index >= 15 is 0 Å². The van der Waals surface area contributed by atoms with Gasteiger partial charge in [0, 0.05) is 21.7 Å². The van der Waals surface area contributed by atoms with Gasteiger partial charge in [0.1, 0.15) is 5.01 Å². The number of carbonyl (C=O) groups is 1. The van der Waals surface area contributed by atoms with Crippen molar-refractivity contribution in [3.8, 4) is 11.3 Å². The summed E-state index contributed by atoms with van der Waals surface area (Å²) in [7, 11) is 0. The number of rotatable bonds is 4. The van der Waals surface area contributed by atoms with Crippen molar-refractivity contribution in [3.05, 3.63) is 70.0 Å². The largest absolute Gasteiger partial charge is 0.399 e. The van der Waals surface area contributed by atoms with Gasteiger partial charge in [0.25, 0.3) is 0 Å². The van der Waals surface area contributed by atoms with Crippen molar-refractivity contribution in [2.75, 3.05) is 5.73 Å². The van der Waals surface area contributed by atoms with Gasteiger partial charge in [-0.3, -0.25) is 4.79 Å². The van der Waals surface area contributed by atoms with Crippen LogP contribution in [0.3, 0.4) is 0 Å². The first-order chi connectivity index (χ1) is 10.6.